The molecule has 146 valence electrons. The monoisotopic (exact) mass is 352 g/mol. The average Bonchev–Trinajstić information content (AvgIpc) is 2.64. The van der Waals surface area contributed by atoms with Gasteiger partial charge in [-0.15, -0.1) is 0 Å². The van der Waals surface area contributed by atoms with Crippen molar-refractivity contribution in [2.24, 2.45) is 11.8 Å². The SMILES string of the molecule is CC1CCC(C)C(OCC(O)CN2CCN(C3CCCCC3)CC2)C1. The molecular formula is C21H40N2O2. The minimum Gasteiger partial charge on any atom is -0.389 e. The molecule has 3 fully saturated rings. The first-order chi connectivity index (χ1) is 12.1. The van der Waals surface area contributed by atoms with E-state index in [2.05, 4.69) is 23.6 Å². The maximum atomic E-state index is 10.4. The minimum atomic E-state index is -0.342. The van der Waals surface area contributed by atoms with Crippen molar-refractivity contribution in [2.45, 2.75) is 83.5 Å². The van der Waals surface area contributed by atoms with Crippen LogP contribution in [-0.4, -0.2) is 72.5 Å². The van der Waals surface area contributed by atoms with Gasteiger partial charge >= 0.3 is 0 Å². The maximum absolute atomic E-state index is 10.4. The molecule has 4 nitrogen and oxygen atoms in total. The molecule has 0 aromatic carbocycles. The zero-order valence-corrected chi connectivity index (χ0v) is 16.5. The van der Waals surface area contributed by atoms with Crippen molar-refractivity contribution in [3.8, 4) is 0 Å². The Balaban J connectivity index is 1.32. The van der Waals surface area contributed by atoms with Gasteiger partial charge in [-0.25, -0.2) is 0 Å². The van der Waals surface area contributed by atoms with Crippen molar-refractivity contribution in [3.63, 3.8) is 0 Å². The number of piperazine rings is 1. The van der Waals surface area contributed by atoms with Crippen molar-refractivity contribution in [1.29, 1.82) is 0 Å². The summed E-state index contributed by atoms with van der Waals surface area (Å²) < 4.78 is 6.10. The van der Waals surface area contributed by atoms with Gasteiger partial charge in [-0.2, -0.15) is 0 Å². The number of aliphatic hydroxyl groups is 1. The molecule has 4 unspecified atom stereocenters. The molecule has 0 spiro atoms. The lowest BCUT2D eigenvalue weighted by molar-refractivity contribution is -0.0636. The molecule has 3 rings (SSSR count). The van der Waals surface area contributed by atoms with E-state index in [-0.39, 0.29) is 6.10 Å². The van der Waals surface area contributed by atoms with E-state index in [0.29, 0.717) is 18.6 Å². The first-order valence-electron chi connectivity index (χ1n) is 10.9. The molecule has 1 aliphatic heterocycles. The van der Waals surface area contributed by atoms with Crippen LogP contribution >= 0.6 is 0 Å². The quantitative estimate of drug-likeness (QED) is 0.797. The van der Waals surface area contributed by atoms with Crippen LogP contribution in [0.3, 0.4) is 0 Å². The van der Waals surface area contributed by atoms with Gasteiger partial charge < -0.3 is 9.84 Å². The lowest BCUT2D eigenvalue weighted by Crippen LogP contribution is -2.52. The third-order valence-electron chi connectivity index (χ3n) is 6.85. The molecule has 4 heteroatoms. The first kappa shape index (κ1) is 19.6. The van der Waals surface area contributed by atoms with Crippen LogP contribution in [0.5, 0.6) is 0 Å². The Labute approximate surface area is 154 Å². The van der Waals surface area contributed by atoms with Crippen molar-refractivity contribution in [3.05, 3.63) is 0 Å². The van der Waals surface area contributed by atoms with E-state index in [1.165, 1.54) is 58.0 Å². The van der Waals surface area contributed by atoms with Crippen LogP contribution in [0.2, 0.25) is 0 Å². The van der Waals surface area contributed by atoms with Gasteiger partial charge in [-0.05, 0) is 37.5 Å². The van der Waals surface area contributed by atoms with Crippen LogP contribution in [0.15, 0.2) is 0 Å². The molecule has 25 heavy (non-hydrogen) atoms. The van der Waals surface area contributed by atoms with E-state index in [1.807, 2.05) is 0 Å². The van der Waals surface area contributed by atoms with Gasteiger partial charge in [-0.3, -0.25) is 9.80 Å². The van der Waals surface area contributed by atoms with E-state index < -0.39 is 0 Å². The Morgan fingerprint density at radius 3 is 2.40 bits per heavy atom. The summed E-state index contributed by atoms with van der Waals surface area (Å²) in [7, 11) is 0. The Morgan fingerprint density at radius 2 is 1.68 bits per heavy atom. The smallest absolute Gasteiger partial charge is 0.0900 e. The number of rotatable bonds is 6. The van der Waals surface area contributed by atoms with Gasteiger partial charge in [0.2, 0.25) is 0 Å². The maximum Gasteiger partial charge on any atom is 0.0900 e. The Hall–Kier alpha value is -0.160. The van der Waals surface area contributed by atoms with Crippen molar-refractivity contribution >= 4 is 0 Å². The van der Waals surface area contributed by atoms with Gasteiger partial charge in [0.1, 0.15) is 0 Å². The number of aliphatic hydroxyl groups excluding tert-OH is 1. The molecule has 0 radical (unpaired) electrons. The van der Waals surface area contributed by atoms with Gasteiger partial charge in [0.25, 0.3) is 0 Å². The summed E-state index contributed by atoms with van der Waals surface area (Å²) in [5.41, 5.74) is 0. The third-order valence-corrected chi connectivity index (χ3v) is 6.85. The fraction of sp³-hybridized carbons (Fsp3) is 1.00. The van der Waals surface area contributed by atoms with Crippen molar-refractivity contribution < 1.29 is 9.84 Å². The van der Waals surface area contributed by atoms with Gasteiger partial charge in [0.05, 0.1) is 18.8 Å². The normalized spacial score (nSPS) is 34.9. The largest absolute Gasteiger partial charge is 0.389 e. The fourth-order valence-electron chi connectivity index (χ4n) is 5.06. The van der Waals surface area contributed by atoms with Gasteiger partial charge in [-0.1, -0.05) is 39.5 Å². The zero-order chi connectivity index (χ0) is 17.6. The van der Waals surface area contributed by atoms with E-state index >= 15 is 0 Å². The molecule has 0 aromatic heterocycles. The van der Waals surface area contributed by atoms with Crippen molar-refractivity contribution in [1.82, 2.24) is 9.80 Å². The van der Waals surface area contributed by atoms with E-state index in [4.69, 9.17) is 4.74 Å². The fourth-order valence-corrected chi connectivity index (χ4v) is 5.06. The Bertz CT molecular complexity index is 378. The molecule has 2 saturated carbocycles. The average molecular weight is 353 g/mol. The summed E-state index contributed by atoms with van der Waals surface area (Å²) in [6, 6.07) is 0.832. The Morgan fingerprint density at radius 1 is 0.960 bits per heavy atom. The molecule has 4 atom stereocenters. The van der Waals surface area contributed by atoms with Crippen molar-refractivity contribution in [2.75, 3.05) is 39.3 Å². The summed E-state index contributed by atoms with van der Waals surface area (Å²) in [5.74, 6) is 1.41. The molecule has 3 aliphatic rings. The molecule has 0 amide bonds. The van der Waals surface area contributed by atoms with Crippen LogP contribution in [0, 0.1) is 11.8 Å². The molecule has 2 aliphatic carbocycles. The Kier molecular flexibility index (Phi) is 7.59. The molecule has 1 N–H and O–H groups in total. The van der Waals surface area contributed by atoms with E-state index in [0.717, 1.165) is 38.0 Å². The number of β-amino-alcohol motifs (C(OH)–C–C–N with tert-alkyl or cyclic N) is 1. The van der Waals surface area contributed by atoms with Gasteiger partial charge in [0.15, 0.2) is 0 Å². The van der Waals surface area contributed by atoms with E-state index in [1.54, 1.807) is 0 Å². The van der Waals surface area contributed by atoms with Crippen LogP contribution in [0.25, 0.3) is 0 Å². The standard InChI is InChI=1S/C21H40N2O2/c1-17-8-9-18(2)21(14-17)25-16-20(24)15-22-10-12-23(13-11-22)19-6-4-3-5-7-19/h17-21,24H,3-16H2,1-2H3. The molecule has 1 saturated heterocycles. The van der Waals surface area contributed by atoms with Crippen LogP contribution < -0.4 is 0 Å². The first-order valence-corrected chi connectivity index (χ1v) is 10.9. The predicted octanol–water partition coefficient (Wildman–Crippen LogP) is 3.14. The summed E-state index contributed by atoms with van der Waals surface area (Å²) in [5, 5.41) is 10.4. The summed E-state index contributed by atoms with van der Waals surface area (Å²) in [6.45, 7) is 10.5. The number of hydrogen-bond donors (Lipinski definition) is 1. The molecule has 1 heterocycles. The second-order valence-electron chi connectivity index (χ2n) is 9.05. The van der Waals surface area contributed by atoms with Crippen LogP contribution in [0.4, 0.5) is 0 Å². The zero-order valence-electron chi connectivity index (χ0n) is 16.5. The lowest BCUT2D eigenvalue weighted by Gasteiger charge is -2.41. The number of hydrogen-bond acceptors (Lipinski definition) is 4. The highest BCUT2D eigenvalue weighted by atomic mass is 16.5. The van der Waals surface area contributed by atoms with Crippen LogP contribution in [0.1, 0.15) is 65.2 Å². The number of ether oxygens (including phenoxy) is 1. The summed E-state index contributed by atoms with van der Waals surface area (Å²) in [4.78, 5) is 5.13. The molecule has 0 aromatic rings. The summed E-state index contributed by atoms with van der Waals surface area (Å²) >= 11 is 0. The highest BCUT2D eigenvalue weighted by Crippen LogP contribution is 2.30. The third kappa shape index (κ3) is 5.92. The molecular weight excluding hydrogens is 312 g/mol. The number of nitrogens with zero attached hydrogens (tertiary/aromatic N) is 2. The topological polar surface area (TPSA) is 35.9 Å². The van der Waals surface area contributed by atoms with Gasteiger partial charge in [0, 0.05) is 38.8 Å². The van der Waals surface area contributed by atoms with E-state index in [9.17, 15) is 5.11 Å². The highest BCUT2D eigenvalue weighted by Gasteiger charge is 2.28. The predicted molar refractivity (Wildman–Crippen MR) is 103 cm³/mol. The molecule has 0 bridgehead atoms. The van der Waals surface area contributed by atoms with Crippen LogP contribution in [-0.2, 0) is 4.74 Å². The summed E-state index contributed by atoms with van der Waals surface area (Å²) in [6.07, 6.45) is 10.8. The minimum absolute atomic E-state index is 0.342. The second-order valence-corrected chi connectivity index (χ2v) is 9.05. The second kappa shape index (κ2) is 9.68. The lowest BCUT2D eigenvalue weighted by atomic mass is 9.82. The highest BCUT2D eigenvalue weighted by molar-refractivity contribution is 4.82.